The van der Waals surface area contributed by atoms with E-state index in [4.69, 9.17) is 5.11 Å². The van der Waals surface area contributed by atoms with E-state index in [1.54, 1.807) is 0 Å². The summed E-state index contributed by atoms with van der Waals surface area (Å²) >= 11 is -0.316. The number of carboxylic acids is 1. The van der Waals surface area contributed by atoms with E-state index in [0.29, 0.717) is 0 Å². The first-order valence-electron chi connectivity index (χ1n) is 17.9. The van der Waals surface area contributed by atoms with Gasteiger partial charge in [0.1, 0.15) is 5.78 Å². The molecule has 0 heterocycles. The maximum Gasteiger partial charge on any atom is 0.460 e. The van der Waals surface area contributed by atoms with E-state index in [1.165, 1.54) is 14.1 Å². The van der Waals surface area contributed by atoms with E-state index in [-0.39, 0.29) is 48.8 Å². The number of carbonyl (C=O) groups excluding carboxylic acids is 1. The van der Waals surface area contributed by atoms with E-state index >= 15 is 0 Å². The zero-order valence-corrected chi connectivity index (χ0v) is 35.4. The Balaban J connectivity index is 6.89. The smallest absolute Gasteiger partial charge is 0.460 e. The molecule has 0 aromatic heterocycles. The van der Waals surface area contributed by atoms with Gasteiger partial charge >= 0.3 is 107 Å². The van der Waals surface area contributed by atoms with E-state index in [9.17, 15) is 163 Å². The predicted octanol–water partition coefficient (Wildman–Crippen LogP) is 12.2. The van der Waals surface area contributed by atoms with Gasteiger partial charge in [-0.1, -0.05) is 6.92 Å². The number of Topliss-reactive ketones (excluding diaryl/α,β-unsaturated/α-hetero) is 1. The number of thioether (sulfide) groups is 1. The predicted molar refractivity (Wildman–Crippen MR) is 168 cm³/mol. The molecule has 0 aromatic rings. The van der Waals surface area contributed by atoms with Crippen molar-refractivity contribution < 1.29 is 173 Å². The molecule has 0 saturated heterocycles. The van der Waals surface area contributed by atoms with Crippen molar-refractivity contribution in [3.05, 3.63) is 0 Å². The highest BCUT2D eigenvalue weighted by Gasteiger charge is 3.02. The Labute approximate surface area is 380 Å². The maximum atomic E-state index is 14.3. The van der Waals surface area contributed by atoms with Crippen LogP contribution in [0.1, 0.15) is 19.8 Å². The van der Waals surface area contributed by atoms with Gasteiger partial charge in [-0.25, -0.2) is 4.79 Å². The summed E-state index contributed by atoms with van der Waals surface area (Å²) in [6, 6.07) is 0. The van der Waals surface area contributed by atoms with Crippen LogP contribution in [0.2, 0.25) is 0 Å². The number of rotatable bonds is 29. The molecule has 1 atom stereocenters. The molecule has 1 unspecified atom stereocenters. The van der Waals surface area contributed by atoms with E-state index < -0.39 is 137 Å². The van der Waals surface area contributed by atoms with E-state index in [1.807, 2.05) is 0 Å². The summed E-state index contributed by atoms with van der Waals surface area (Å²) in [6.07, 6.45) is -11.3. The van der Waals surface area contributed by atoms with Gasteiger partial charge in [-0.3, -0.25) is 4.79 Å². The Bertz CT molecular complexity index is 1900. The molecule has 0 aromatic carbocycles. The Kier molecular flexibility index (Phi) is 19.0. The fourth-order valence-electron chi connectivity index (χ4n) is 5.15. The summed E-state index contributed by atoms with van der Waals surface area (Å²) in [5.41, 5.74) is 0. The summed E-state index contributed by atoms with van der Waals surface area (Å²) < 4.78 is 484. The van der Waals surface area contributed by atoms with Gasteiger partial charge in [0.2, 0.25) is 0 Å². The third kappa shape index (κ3) is 10.5. The molecule has 0 amide bonds. The van der Waals surface area contributed by atoms with E-state index in [0.717, 1.165) is 6.92 Å². The SMILES string of the molecule is CC(CNCCC[N+](C)(C)CC(=O)O)C(=O)CSCCC(F)(F)C(F)(F)C(F)(F)C(F)(F)C(F)(F)C(F)(F)C(F)(F)C(F)(F)C(F)(F)C(F)(F)C(F)(F)C(F)(F)C(F)(F)C(F)(F)C(F)(F)C(F)(F)C(F)(F)F. The molecule has 2 N–H and O–H groups in total. The van der Waals surface area contributed by atoms with Gasteiger partial charge in [0, 0.05) is 31.8 Å². The number of alkyl halides is 35. The number of hydrogen-bond acceptors (Lipinski definition) is 4. The lowest BCUT2D eigenvalue weighted by atomic mass is 9.82. The van der Waals surface area contributed by atoms with Crippen molar-refractivity contribution in [2.24, 2.45) is 5.92 Å². The number of hydrogen-bond donors (Lipinski definition) is 2. The van der Waals surface area contributed by atoms with Crippen LogP contribution in [0.25, 0.3) is 0 Å². The highest BCUT2D eigenvalue weighted by molar-refractivity contribution is 7.99. The Morgan fingerprint density at radius 2 is 0.722 bits per heavy atom. The minimum absolute atomic E-state index is 0.0438. The van der Waals surface area contributed by atoms with Crippen LogP contribution in [-0.2, 0) is 9.59 Å². The lowest BCUT2D eigenvalue weighted by Gasteiger charge is -2.47. The molecule has 0 saturated carbocycles. The fourth-order valence-corrected chi connectivity index (χ4v) is 6.18. The van der Waals surface area contributed by atoms with Crippen molar-refractivity contribution in [2.45, 2.75) is 121 Å². The minimum Gasteiger partial charge on any atom is -0.477 e. The van der Waals surface area contributed by atoms with Gasteiger partial charge in [-0.2, -0.15) is 165 Å². The highest BCUT2D eigenvalue weighted by Crippen LogP contribution is 2.70. The number of nitrogens with zero attached hydrogens (tertiary/aromatic N) is 1. The van der Waals surface area contributed by atoms with Crippen molar-refractivity contribution >= 4 is 23.5 Å². The van der Waals surface area contributed by atoms with Gasteiger partial charge in [0.05, 0.1) is 26.4 Å². The summed E-state index contributed by atoms with van der Waals surface area (Å²) in [6.45, 7) is 0.751. The third-order valence-electron chi connectivity index (χ3n) is 9.82. The molecule has 0 radical (unpaired) electrons. The largest absolute Gasteiger partial charge is 0.477 e. The Hall–Kier alpha value is -3.04. The minimum atomic E-state index is -10.4. The van der Waals surface area contributed by atoms with Crippen LogP contribution >= 0.6 is 11.8 Å². The van der Waals surface area contributed by atoms with Gasteiger partial charge < -0.3 is 14.9 Å². The standard InChI is InChI=1S/C31H27F35N2O3S/c1-12(9-67-6-4-7-68(2,3)10-14(70)71)13(69)11-72-8-5-15(32,33)16(34,35)17(36,37)18(38,39)19(40,41)20(42,43)21(44,45)22(46,47)23(48,49)24(50,51)25(52,53)26(54,55)27(56,57)28(58,59)29(60,61)30(62,63)31(64,65)66/h12,67H,4-11H2,1-3H3/p+1. The first kappa shape index (κ1) is 69.0. The molecule has 0 aliphatic rings. The fraction of sp³-hybridized carbons (Fsp3) is 0.935. The number of carbonyl (C=O) groups is 2. The van der Waals surface area contributed by atoms with Crippen molar-refractivity contribution in [1.82, 2.24) is 5.32 Å². The van der Waals surface area contributed by atoms with Crippen molar-refractivity contribution in [2.75, 3.05) is 51.8 Å². The van der Waals surface area contributed by atoms with Crippen molar-refractivity contribution in [3.8, 4) is 0 Å². The molecule has 41 heteroatoms. The number of quaternary nitrogens is 1. The summed E-state index contributed by atoms with van der Waals surface area (Å²) in [4.78, 5) is 23.0. The van der Waals surface area contributed by atoms with E-state index in [2.05, 4.69) is 5.32 Å². The van der Waals surface area contributed by atoms with Crippen LogP contribution in [0.15, 0.2) is 0 Å². The summed E-state index contributed by atoms with van der Waals surface area (Å²) in [5, 5.41) is 11.5. The van der Waals surface area contributed by atoms with Crippen LogP contribution in [0.4, 0.5) is 154 Å². The Morgan fingerprint density at radius 1 is 0.458 bits per heavy atom. The number of carboxylic acid groups (broad SMARTS) is 1. The second-order valence-corrected chi connectivity index (χ2v) is 16.9. The first-order chi connectivity index (χ1) is 30.9. The van der Waals surface area contributed by atoms with Crippen LogP contribution in [0.3, 0.4) is 0 Å². The molecule has 0 spiro atoms. The maximum absolute atomic E-state index is 14.3. The van der Waals surface area contributed by atoms with Gasteiger partial charge in [-0.15, -0.1) is 0 Å². The average Bonchev–Trinajstić information content (AvgIpc) is 3.16. The quantitative estimate of drug-likeness (QED) is 0.0444. The van der Waals surface area contributed by atoms with Gasteiger partial charge in [0.15, 0.2) is 6.54 Å². The molecule has 0 aliphatic heterocycles. The molecular weight excluding hydrogens is 1150 g/mol. The number of nitrogens with one attached hydrogen (secondary N) is 1. The zero-order chi connectivity index (χ0) is 58.8. The van der Waals surface area contributed by atoms with Gasteiger partial charge in [-0.05, 0) is 5.75 Å². The zero-order valence-electron chi connectivity index (χ0n) is 34.6. The lowest BCUT2D eigenvalue weighted by molar-refractivity contribution is -0.883. The number of ketones is 1. The number of aliphatic carboxylic acids is 1. The molecule has 0 fully saturated rings. The third-order valence-corrected chi connectivity index (χ3v) is 10.8. The Morgan fingerprint density at radius 3 is 0.986 bits per heavy atom. The van der Waals surface area contributed by atoms with Crippen LogP contribution in [-0.4, -0.2) is 174 Å². The highest BCUT2D eigenvalue weighted by atomic mass is 32.2. The molecular formula is C31H28F35N2O3S+. The molecule has 5 nitrogen and oxygen atoms in total. The molecule has 72 heavy (non-hydrogen) atoms. The molecule has 0 aliphatic carbocycles. The van der Waals surface area contributed by atoms with Crippen molar-refractivity contribution in [3.63, 3.8) is 0 Å². The van der Waals surface area contributed by atoms with Crippen LogP contribution in [0, 0.1) is 5.92 Å². The van der Waals surface area contributed by atoms with Gasteiger partial charge in [0.25, 0.3) is 0 Å². The summed E-state index contributed by atoms with van der Waals surface area (Å²) in [5.74, 6) is -161. The van der Waals surface area contributed by atoms with Crippen LogP contribution in [0.5, 0.6) is 0 Å². The first-order valence-corrected chi connectivity index (χ1v) is 19.0. The normalized spacial score (nSPS) is 16.6. The summed E-state index contributed by atoms with van der Waals surface area (Å²) in [7, 11) is 3.00. The molecule has 430 valence electrons. The molecule has 0 rings (SSSR count). The van der Waals surface area contributed by atoms with Crippen LogP contribution < -0.4 is 5.32 Å². The van der Waals surface area contributed by atoms with Crippen molar-refractivity contribution in [1.29, 1.82) is 0 Å². The molecule has 0 bridgehead atoms. The second-order valence-electron chi connectivity index (χ2n) is 15.8. The number of likely N-dealkylation sites (N-methyl/N-ethyl adjacent to an activating group) is 1. The topological polar surface area (TPSA) is 66.4 Å². The average molecular weight is 1170 g/mol. The second kappa shape index (κ2) is 19.8. The number of halogens is 35. The monoisotopic (exact) mass is 1170 g/mol. The lowest BCUT2D eigenvalue weighted by Crippen LogP contribution is -2.80.